The summed E-state index contributed by atoms with van der Waals surface area (Å²) >= 11 is 6.38. The Hall–Kier alpha value is -0.690. The van der Waals surface area contributed by atoms with Gasteiger partial charge in [0.2, 0.25) is 0 Å². The maximum atomic E-state index is 6.38. The van der Waals surface area contributed by atoms with Gasteiger partial charge in [-0.15, -0.1) is 11.6 Å². The second-order valence-corrected chi connectivity index (χ2v) is 5.76. The molecule has 16 heavy (non-hydrogen) atoms. The summed E-state index contributed by atoms with van der Waals surface area (Å²) in [4.78, 5) is 0. The lowest BCUT2D eigenvalue weighted by molar-refractivity contribution is 0.340. The summed E-state index contributed by atoms with van der Waals surface area (Å²) in [5.41, 5.74) is 1.42. The lowest BCUT2D eigenvalue weighted by Crippen LogP contribution is -2.08. The molecule has 0 spiro atoms. The number of hydrogen-bond donors (Lipinski definition) is 0. The Labute approximate surface area is 104 Å². The lowest BCUT2D eigenvalue weighted by atomic mass is 9.88. The Morgan fingerprint density at radius 2 is 1.75 bits per heavy atom. The zero-order chi connectivity index (χ0) is 12.2. The van der Waals surface area contributed by atoms with E-state index < -0.39 is 0 Å². The first-order chi connectivity index (χ1) is 7.42. The molecule has 0 saturated heterocycles. The average Bonchev–Trinajstić information content (AvgIpc) is 2.16. The maximum Gasteiger partial charge on any atom is 0.119 e. The highest BCUT2D eigenvalue weighted by Crippen LogP contribution is 2.34. The molecular formula is C14H21ClO. The molecule has 2 heteroatoms. The topological polar surface area (TPSA) is 9.23 Å². The molecule has 0 amide bonds. The molecule has 0 saturated carbocycles. The van der Waals surface area contributed by atoms with Gasteiger partial charge in [0.25, 0.3) is 0 Å². The molecule has 0 aliphatic carbocycles. The first-order valence-electron chi connectivity index (χ1n) is 5.79. The largest absolute Gasteiger partial charge is 0.494 e. The van der Waals surface area contributed by atoms with Crippen molar-refractivity contribution in [1.82, 2.24) is 0 Å². The van der Waals surface area contributed by atoms with Gasteiger partial charge in [-0.25, -0.2) is 0 Å². The SMILES string of the molecule is CCOc1ccc(C(Cl)CC(C)(C)C)cc1. The molecule has 0 heterocycles. The first kappa shape index (κ1) is 13.4. The maximum absolute atomic E-state index is 6.38. The number of hydrogen-bond acceptors (Lipinski definition) is 1. The lowest BCUT2D eigenvalue weighted by Gasteiger charge is -2.22. The van der Waals surface area contributed by atoms with E-state index in [4.69, 9.17) is 16.3 Å². The molecule has 1 rings (SSSR count). The Morgan fingerprint density at radius 3 is 2.19 bits per heavy atom. The minimum absolute atomic E-state index is 0.0793. The monoisotopic (exact) mass is 240 g/mol. The van der Waals surface area contributed by atoms with Crippen molar-refractivity contribution in [3.05, 3.63) is 29.8 Å². The molecule has 0 aromatic heterocycles. The van der Waals surface area contributed by atoms with E-state index in [1.165, 1.54) is 5.56 Å². The van der Waals surface area contributed by atoms with Crippen LogP contribution in [0.5, 0.6) is 5.75 Å². The second-order valence-electron chi connectivity index (χ2n) is 5.23. The zero-order valence-electron chi connectivity index (χ0n) is 10.6. The number of ether oxygens (including phenoxy) is 1. The number of rotatable bonds is 4. The normalized spacial score (nSPS) is 13.6. The van der Waals surface area contributed by atoms with Gasteiger partial charge in [-0.3, -0.25) is 0 Å². The van der Waals surface area contributed by atoms with Gasteiger partial charge in [-0.1, -0.05) is 32.9 Å². The Balaban J connectivity index is 2.66. The van der Waals surface area contributed by atoms with Gasteiger partial charge in [0.1, 0.15) is 5.75 Å². The van der Waals surface area contributed by atoms with Crippen LogP contribution in [-0.4, -0.2) is 6.61 Å². The minimum atomic E-state index is 0.0793. The van der Waals surface area contributed by atoms with Crippen LogP contribution in [0.4, 0.5) is 0 Å². The minimum Gasteiger partial charge on any atom is -0.494 e. The predicted molar refractivity (Wildman–Crippen MR) is 70.3 cm³/mol. The summed E-state index contributed by atoms with van der Waals surface area (Å²) in [6.45, 7) is 9.30. The molecule has 1 nitrogen and oxygen atoms in total. The van der Waals surface area contributed by atoms with E-state index in [1.807, 2.05) is 19.1 Å². The summed E-state index contributed by atoms with van der Waals surface area (Å²) in [5, 5.41) is 0.0793. The van der Waals surface area contributed by atoms with Crippen molar-refractivity contribution >= 4 is 11.6 Å². The summed E-state index contributed by atoms with van der Waals surface area (Å²) in [6, 6.07) is 8.07. The molecule has 0 N–H and O–H groups in total. The highest BCUT2D eigenvalue weighted by molar-refractivity contribution is 6.20. The average molecular weight is 241 g/mol. The summed E-state index contributed by atoms with van der Waals surface area (Å²) in [5.74, 6) is 0.908. The van der Waals surface area contributed by atoms with Crippen molar-refractivity contribution in [2.75, 3.05) is 6.61 Å². The van der Waals surface area contributed by atoms with Crippen LogP contribution in [0.15, 0.2) is 24.3 Å². The highest BCUT2D eigenvalue weighted by Gasteiger charge is 2.18. The van der Waals surface area contributed by atoms with E-state index >= 15 is 0 Å². The molecule has 1 atom stereocenters. The van der Waals surface area contributed by atoms with Gasteiger partial charge < -0.3 is 4.74 Å². The van der Waals surface area contributed by atoms with Crippen LogP contribution >= 0.6 is 11.6 Å². The molecule has 90 valence electrons. The van der Waals surface area contributed by atoms with Gasteiger partial charge >= 0.3 is 0 Å². The smallest absolute Gasteiger partial charge is 0.119 e. The number of halogens is 1. The van der Waals surface area contributed by atoms with Crippen LogP contribution in [0.25, 0.3) is 0 Å². The van der Waals surface area contributed by atoms with E-state index in [-0.39, 0.29) is 10.8 Å². The quantitative estimate of drug-likeness (QED) is 0.687. The third-order valence-corrected chi connectivity index (χ3v) is 2.75. The van der Waals surface area contributed by atoms with Crippen LogP contribution in [0.3, 0.4) is 0 Å². The van der Waals surface area contributed by atoms with Gasteiger partial charge in [0.15, 0.2) is 0 Å². The van der Waals surface area contributed by atoms with Crippen LogP contribution in [0, 0.1) is 5.41 Å². The number of benzene rings is 1. The van der Waals surface area contributed by atoms with E-state index in [1.54, 1.807) is 0 Å². The van der Waals surface area contributed by atoms with Crippen molar-refractivity contribution in [2.24, 2.45) is 5.41 Å². The molecular weight excluding hydrogens is 220 g/mol. The molecule has 0 aliphatic heterocycles. The first-order valence-corrected chi connectivity index (χ1v) is 6.23. The molecule has 1 aromatic rings. The van der Waals surface area contributed by atoms with Crippen LogP contribution in [0.2, 0.25) is 0 Å². The molecule has 0 bridgehead atoms. The van der Waals surface area contributed by atoms with E-state index in [0.29, 0.717) is 6.61 Å². The molecule has 1 unspecified atom stereocenters. The van der Waals surface area contributed by atoms with E-state index in [2.05, 4.69) is 32.9 Å². The fourth-order valence-corrected chi connectivity index (χ4v) is 2.20. The van der Waals surface area contributed by atoms with Gasteiger partial charge in [0, 0.05) is 0 Å². The van der Waals surface area contributed by atoms with Crippen LogP contribution in [-0.2, 0) is 0 Å². The van der Waals surface area contributed by atoms with E-state index in [9.17, 15) is 0 Å². The van der Waals surface area contributed by atoms with Gasteiger partial charge in [-0.05, 0) is 36.5 Å². The Kier molecular flexibility index (Phi) is 4.67. The van der Waals surface area contributed by atoms with Crippen LogP contribution in [0.1, 0.15) is 45.1 Å². The highest BCUT2D eigenvalue weighted by atomic mass is 35.5. The van der Waals surface area contributed by atoms with Crippen molar-refractivity contribution < 1.29 is 4.74 Å². The Morgan fingerprint density at radius 1 is 1.19 bits per heavy atom. The molecule has 0 radical (unpaired) electrons. The van der Waals surface area contributed by atoms with E-state index in [0.717, 1.165) is 12.2 Å². The number of alkyl halides is 1. The van der Waals surface area contributed by atoms with Crippen molar-refractivity contribution in [1.29, 1.82) is 0 Å². The zero-order valence-corrected chi connectivity index (χ0v) is 11.3. The third kappa shape index (κ3) is 4.44. The van der Waals surface area contributed by atoms with Crippen molar-refractivity contribution in [2.45, 2.75) is 39.5 Å². The molecule has 0 aliphatic rings. The summed E-state index contributed by atoms with van der Waals surface area (Å²) < 4.78 is 5.40. The fraction of sp³-hybridized carbons (Fsp3) is 0.571. The summed E-state index contributed by atoms with van der Waals surface area (Å²) in [6.07, 6.45) is 0.975. The van der Waals surface area contributed by atoms with Crippen LogP contribution < -0.4 is 4.74 Å². The molecule has 1 aromatic carbocycles. The Bertz CT molecular complexity index is 311. The fourth-order valence-electron chi connectivity index (χ4n) is 1.60. The van der Waals surface area contributed by atoms with Gasteiger partial charge in [-0.2, -0.15) is 0 Å². The predicted octanol–water partition coefficient (Wildman–Crippen LogP) is 4.80. The van der Waals surface area contributed by atoms with Crippen molar-refractivity contribution in [3.8, 4) is 5.75 Å². The van der Waals surface area contributed by atoms with Gasteiger partial charge in [0.05, 0.1) is 12.0 Å². The summed E-state index contributed by atoms with van der Waals surface area (Å²) in [7, 11) is 0. The third-order valence-electron chi connectivity index (χ3n) is 2.34. The molecule has 0 fully saturated rings. The second kappa shape index (κ2) is 5.58. The van der Waals surface area contributed by atoms with Crippen molar-refractivity contribution in [3.63, 3.8) is 0 Å². The standard InChI is InChI=1S/C14H21ClO/c1-5-16-12-8-6-11(7-9-12)13(15)10-14(2,3)4/h6-9,13H,5,10H2,1-4H3.